The van der Waals surface area contributed by atoms with Gasteiger partial charge >= 0.3 is 0 Å². The number of aryl methyl sites for hydroxylation is 1. The Hall–Kier alpha value is -0.560. The van der Waals surface area contributed by atoms with Gasteiger partial charge in [-0.3, -0.25) is 0 Å². The number of sulfonamides is 1. The fraction of sp³-hybridized carbons (Fsp3) is 0.538. The zero-order chi connectivity index (χ0) is 13.9. The van der Waals surface area contributed by atoms with Gasteiger partial charge in [0.25, 0.3) is 0 Å². The average molecular weight is 300 g/mol. The monoisotopic (exact) mass is 300 g/mol. The molecule has 0 aromatic heterocycles. The molecule has 106 valence electrons. The summed E-state index contributed by atoms with van der Waals surface area (Å²) < 4.78 is 27.4. The molecule has 0 bridgehead atoms. The summed E-state index contributed by atoms with van der Waals surface area (Å²) in [6.07, 6.45) is 2.27. The number of benzene rings is 1. The topological polar surface area (TPSA) is 72.2 Å². The SMILES string of the molecule is Cc1ccc(CN)cc1S(=O)(=O)NCC1CCCS1. The van der Waals surface area contributed by atoms with Crippen LogP contribution in [0.15, 0.2) is 23.1 Å². The lowest BCUT2D eigenvalue weighted by molar-refractivity contribution is 0.578. The van der Waals surface area contributed by atoms with Crippen LogP contribution in [0.5, 0.6) is 0 Å². The molecule has 4 nitrogen and oxygen atoms in total. The Balaban J connectivity index is 2.13. The van der Waals surface area contributed by atoms with Crippen molar-refractivity contribution in [2.75, 3.05) is 12.3 Å². The van der Waals surface area contributed by atoms with E-state index >= 15 is 0 Å². The zero-order valence-electron chi connectivity index (χ0n) is 11.1. The summed E-state index contributed by atoms with van der Waals surface area (Å²) in [5, 5.41) is 0.410. The highest BCUT2D eigenvalue weighted by molar-refractivity contribution is 8.00. The summed E-state index contributed by atoms with van der Waals surface area (Å²) in [6.45, 7) is 2.67. The number of rotatable bonds is 5. The van der Waals surface area contributed by atoms with Crippen LogP contribution >= 0.6 is 11.8 Å². The van der Waals surface area contributed by atoms with Crippen LogP contribution in [0.2, 0.25) is 0 Å². The first-order valence-electron chi connectivity index (χ1n) is 6.44. The summed E-state index contributed by atoms with van der Waals surface area (Å²) in [5.41, 5.74) is 7.15. The summed E-state index contributed by atoms with van der Waals surface area (Å²) in [7, 11) is -3.43. The van der Waals surface area contributed by atoms with Crippen LogP contribution in [0.3, 0.4) is 0 Å². The lowest BCUT2D eigenvalue weighted by Crippen LogP contribution is -2.30. The van der Waals surface area contributed by atoms with E-state index in [2.05, 4.69) is 4.72 Å². The average Bonchev–Trinajstić information content (AvgIpc) is 2.90. The molecule has 3 N–H and O–H groups in total. The summed E-state index contributed by atoms with van der Waals surface area (Å²) in [5.74, 6) is 1.13. The molecule has 0 radical (unpaired) electrons. The smallest absolute Gasteiger partial charge is 0.240 e. The van der Waals surface area contributed by atoms with E-state index in [1.54, 1.807) is 19.1 Å². The molecule has 1 aromatic rings. The molecule has 19 heavy (non-hydrogen) atoms. The lowest BCUT2D eigenvalue weighted by Gasteiger charge is -2.13. The number of hydrogen-bond acceptors (Lipinski definition) is 4. The molecule has 1 aliphatic heterocycles. The van der Waals surface area contributed by atoms with Crippen LogP contribution in [-0.2, 0) is 16.6 Å². The molecule has 0 amide bonds. The second-order valence-electron chi connectivity index (χ2n) is 4.79. The van der Waals surface area contributed by atoms with Crippen LogP contribution < -0.4 is 10.5 Å². The van der Waals surface area contributed by atoms with Crippen LogP contribution in [0.25, 0.3) is 0 Å². The third kappa shape index (κ3) is 3.72. The molecule has 1 saturated heterocycles. The van der Waals surface area contributed by atoms with Gasteiger partial charge < -0.3 is 5.73 Å². The first kappa shape index (κ1) is 14.8. The minimum absolute atomic E-state index is 0.346. The maximum atomic E-state index is 12.3. The normalized spacial score (nSPS) is 19.8. The second kappa shape index (κ2) is 6.26. The molecule has 1 heterocycles. The third-order valence-electron chi connectivity index (χ3n) is 3.30. The first-order valence-corrected chi connectivity index (χ1v) is 8.97. The molecule has 1 aliphatic rings. The van der Waals surface area contributed by atoms with Crippen molar-refractivity contribution < 1.29 is 8.42 Å². The standard InChI is InChI=1S/C13H20N2O2S2/c1-10-4-5-11(8-14)7-13(10)19(16,17)15-9-12-3-2-6-18-12/h4-5,7,12,15H,2-3,6,8-9,14H2,1H3. The third-order valence-corrected chi connectivity index (χ3v) is 6.27. The van der Waals surface area contributed by atoms with Gasteiger partial charge in [-0.25, -0.2) is 13.1 Å². The van der Waals surface area contributed by atoms with Gasteiger partial charge in [0, 0.05) is 18.3 Å². The molecule has 1 fully saturated rings. The van der Waals surface area contributed by atoms with Crippen LogP contribution in [-0.4, -0.2) is 26.0 Å². The number of nitrogens with two attached hydrogens (primary N) is 1. The van der Waals surface area contributed by atoms with Crippen molar-refractivity contribution in [3.05, 3.63) is 29.3 Å². The van der Waals surface area contributed by atoms with Crippen molar-refractivity contribution in [3.63, 3.8) is 0 Å². The molecular weight excluding hydrogens is 280 g/mol. The maximum absolute atomic E-state index is 12.3. The number of hydrogen-bond donors (Lipinski definition) is 2. The van der Waals surface area contributed by atoms with Crippen LogP contribution in [0.1, 0.15) is 24.0 Å². The van der Waals surface area contributed by atoms with Crippen molar-refractivity contribution in [1.29, 1.82) is 0 Å². The Morgan fingerprint density at radius 3 is 2.89 bits per heavy atom. The Morgan fingerprint density at radius 2 is 2.26 bits per heavy atom. The highest BCUT2D eigenvalue weighted by Gasteiger charge is 2.21. The van der Waals surface area contributed by atoms with Crippen molar-refractivity contribution in [1.82, 2.24) is 4.72 Å². The molecule has 2 rings (SSSR count). The predicted octanol–water partition coefficient (Wildman–Crippen LogP) is 1.63. The second-order valence-corrected chi connectivity index (χ2v) is 7.93. The number of thioether (sulfide) groups is 1. The van der Waals surface area contributed by atoms with E-state index in [1.165, 1.54) is 6.42 Å². The Bertz CT molecular complexity index is 538. The summed E-state index contributed by atoms with van der Waals surface area (Å²) >= 11 is 1.84. The fourth-order valence-corrected chi connectivity index (χ4v) is 4.83. The molecule has 0 spiro atoms. The Kier molecular flexibility index (Phi) is 4.89. The van der Waals surface area contributed by atoms with Crippen LogP contribution in [0.4, 0.5) is 0 Å². The van der Waals surface area contributed by atoms with E-state index in [0.717, 1.165) is 23.3 Å². The van der Waals surface area contributed by atoms with Gasteiger partial charge in [-0.1, -0.05) is 12.1 Å². The van der Waals surface area contributed by atoms with E-state index in [0.29, 0.717) is 23.2 Å². The van der Waals surface area contributed by atoms with E-state index in [9.17, 15) is 8.42 Å². The summed E-state index contributed by atoms with van der Waals surface area (Å²) in [4.78, 5) is 0.346. The highest BCUT2D eigenvalue weighted by Crippen LogP contribution is 2.26. The molecule has 6 heteroatoms. The minimum Gasteiger partial charge on any atom is -0.326 e. The highest BCUT2D eigenvalue weighted by atomic mass is 32.2. The fourth-order valence-electron chi connectivity index (χ4n) is 2.15. The zero-order valence-corrected chi connectivity index (χ0v) is 12.7. The van der Waals surface area contributed by atoms with E-state index in [1.807, 2.05) is 17.8 Å². The van der Waals surface area contributed by atoms with Gasteiger partial charge in [-0.2, -0.15) is 11.8 Å². The first-order chi connectivity index (χ1) is 9.03. The van der Waals surface area contributed by atoms with E-state index in [-0.39, 0.29) is 0 Å². The van der Waals surface area contributed by atoms with Gasteiger partial charge in [-0.15, -0.1) is 0 Å². The van der Waals surface area contributed by atoms with E-state index < -0.39 is 10.0 Å². The van der Waals surface area contributed by atoms with Crippen molar-refractivity contribution in [2.24, 2.45) is 5.73 Å². The minimum atomic E-state index is -3.43. The van der Waals surface area contributed by atoms with Crippen LogP contribution in [0, 0.1) is 6.92 Å². The summed E-state index contributed by atoms with van der Waals surface area (Å²) in [6, 6.07) is 5.34. The Morgan fingerprint density at radius 1 is 1.47 bits per heavy atom. The molecule has 0 saturated carbocycles. The maximum Gasteiger partial charge on any atom is 0.240 e. The van der Waals surface area contributed by atoms with Gasteiger partial charge in [0.15, 0.2) is 0 Å². The predicted molar refractivity (Wildman–Crippen MR) is 79.7 cm³/mol. The van der Waals surface area contributed by atoms with Crippen molar-refractivity contribution in [3.8, 4) is 0 Å². The van der Waals surface area contributed by atoms with Gasteiger partial charge in [0.1, 0.15) is 0 Å². The van der Waals surface area contributed by atoms with Gasteiger partial charge in [0.05, 0.1) is 4.90 Å². The van der Waals surface area contributed by atoms with Crippen molar-refractivity contribution in [2.45, 2.75) is 36.5 Å². The molecule has 1 unspecified atom stereocenters. The largest absolute Gasteiger partial charge is 0.326 e. The molecule has 0 aliphatic carbocycles. The molecular formula is C13H20N2O2S2. The van der Waals surface area contributed by atoms with E-state index in [4.69, 9.17) is 5.73 Å². The Labute approximate surface area is 119 Å². The van der Waals surface area contributed by atoms with Crippen molar-refractivity contribution >= 4 is 21.8 Å². The molecule has 1 aromatic carbocycles. The van der Waals surface area contributed by atoms with Gasteiger partial charge in [-0.05, 0) is 42.7 Å². The molecule has 1 atom stereocenters. The van der Waals surface area contributed by atoms with Gasteiger partial charge in [0.2, 0.25) is 10.0 Å². The quantitative estimate of drug-likeness (QED) is 0.867. The number of nitrogens with one attached hydrogen (secondary N) is 1. The lowest BCUT2D eigenvalue weighted by atomic mass is 10.1.